The van der Waals surface area contributed by atoms with Crippen molar-refractivity contribution in [1.82, 2.24) is 15.8 Å². The van der Waals surface area contributed by atoms with Crippen LogP contribution in [0.15, 0.2) is 6.07 Å². The van der Waals surface area contributed by atoms with Gasteiger partial charge in [-0.05, 0) is 13.8 Å². The van der Waals surface area contributed by atoms with Crippen LogP contribution in [0, 0.1) is 0 Å². The largest absolute Gasteiger partial charge is 0.504 e. The normalized spacial score (nSPS) is 18.2. The third kappa shape index (κ3) is 5.17. The Balaban J connectivity index is 2.10. The van der Waals surface area contributed by atoms with Gasteiger partial charge in [0.2, 0.25) is 5.91 Å². The molecule has 1 aliphatic rings. The molecule has 0 aromatic heterocycles. The molecule has 1 aromatic carbocycles. The van der Waals surface area contributed by atoms with Crippen molar-refractivity contribution in [2.45, 2.75) is 37.1 Å². The first-order chi connectivity index (χ1) is 15.2. The Morgan fingerprint density at radius 1 is 1.30 bits per heavy atom. The summed E-state index contributed by atoms with van der Waals surface area (Å²) < 4.78 is 26.4. The van der Waals surface area contributed by atoms with Crippen molar-refractivity contribution in [3.05, 3.63) is 21.7 Å². The van der Waals surface area contributed by atoms with E-state index in [0.717, 1.165) is 17.9 Å². The number of carbonyl (C=O) groups excluding carboxylic acids is 3. The number of hydrazine groups is 1. The summed E-state index contributed by atoms with van der Waals surface area (Å²) in [7, 11) is -3.52. The number of aliphatic carboxylic acids is 1. The molecular weight excluding hydrogens is 509 g/mol. The molecular formula is C17H19Cl2N3O10S. The van der Waals surface area contributed by atoms with Crippen LogP contribution >= 0.6 is 23.2 Å². The van der Waals surface area contributed by atoms with Gasteiger partial charge >= 0.3 is 12.1 Å². The molecule has 0 radical (unpaired) electrons. The van der Waals surface area contributed by atoms with Crippen molar-refractivity contribution in [1.29, 1.82) is 0 Å². The van der Waals surface area contributed by atoms with Crippen LogP contribution in [-0.4, -0.2) is 76.0 Å². The second-order valence-electron chi connectivity index (χ2n) is 7.28. The number of nitrogens with one attached hydrogen (secondary N) is 2. The van der Waals surface area contributed by atoms with E-state index in [1.807, 2.05) is 5.43 Å². The molecule has 3 atom stereocenters. The minimum atomic E-state index is -3.52. The quantitative estimate of drug-likeness (QED) is 0.123. The zero-order chi connectivity index (χ0) is 25.2. The minimum Gasteiger partial charge on any atom is -0.504 e. The van der Waals surface area contributed by atoms with Crippen molar-refractivity contribution in [2.24, 2.45) is 0 Å². The second-order valence-corrected chi connectivity index (χ2v) is 9.60. The summed E-state index contributed by atoms with van der Waals surface area (Å²) in [5.41, 5.74) is 3.12. The van der Waals surface area contributed by atoms with Gasteiger partial charge in [-0.15, -0.1) is 0 Å². The molecule has 1 fully saturated rings. The van der Waals surface area contributed by atoms with Gasteiger partial charge in [-0.1, -0.05) is 23.2 Å². The summed E-state index contributed by atoms with van der Waals surface area (Å²) in [5.74, 6) is -4.83. The smallest absolute Gasteiger partial charge is 0.426 e. The Hall–Kier alpha value is -2.97. The number of aromatic hydroxyl groups is 2. The Morgan fingerprint density at radius 3 is 2.39 bits per heavy atom. The number of hydrogen-bond donors (Lipinski definition) is 6. The number of carbonyl (C=O) groups is 4. The standard InChI is InChI=1S/C17H19Cl2N3O10S/c1-6-3-9(24)22(6)13(15(27)28)17(2,33(30)31)5-32-16(29)21-20-14(26)10-7(18)4-8(23)12(25)11(10)19/h4,6,13,23,25,33H,3,5H2,1-2H3,(H,20,26)(H,21,29)(H,27,28)/t6-,13+,17+/m1/s1. The van der Waals surface area contributed by atoms with Crippen LogP contribution in [0.25, 0.3) is 0 Å². The van der Waals surface area contributed by atoms with Gasteiger partial charge in [-0.3, -0.25) is 15.0 Å². The maximum absolute atomic E-state index is 12.2. The van der Waals surface area contributed by atoms with E-state index in [2.05, 4.69) is 0 Å². The first-order valence-electron chi connectivity index (χ1n) is 9.03. The number of carboxylic acid groups (broad SMARTS) is 1. The van der Waals surface area contributed by atoms with E-state index in [9.17, 15) is 42.9 Å². The number of amides is 3. The zero-order valence-corrected chi connectivity index (χ0v) is 19.4. The SMILES string of the molecule is C[C@@H]1CC(=O)N1[C@@H](C(=O)O)[C@](C)(COC(=O)NNC(=O)c1c(Cl)cc(O)c(O)c1Cl)[SH](=O)=O. The highest BCUT2D eigenvalue weighted by Crippen LogP contribution is 2.39. The number of benzene rings is 1. The molecule has 16 heteroatoms. The molecule has 33 heavy (non-hydrogen) atoms. The molecule has 1 saturated heterocycles. The zero-order valence-electron chi connectivity index (χ0n) is 17.0. The Labute approximate surface area is 198 Å². The van der Waals surface area contributed by atoms with Gasteiger partial charge in [0.05, 0.1) is 10.6 Å². The topological polar surface area (TPSA) is 200 Å². The Kier molecular flexibility index (Phi) is 7.87. The van der Waals surface area contributed by atoms with E-state index in [1.54, 1.807) is 5.43 Å². The molecule has 1 aliphatic heterocycles. The van der Waals surface area contributed by atoms with Gasteiger partial charge in [0.1, 0.15) is 16.4 Å². The summed E-state index contributed by atoms with van der Waals surface area (Å²) >= 11 is 11.5. The van der Waals surface area contributed by atoms with E-state index in [4.69, 9.17) is 27.9 Å². The summed E-state index contributed by atoms with van der Waals surface area (Å²) in [5, 5.41) is 27.6. The molecule has 13 nitrogen and oxygen atoms in total. The lowest BCUT2D eigenvalue weighted by Gasteiger charge is -2.46. The molecule has 182 valence electrons. The number of hydrogen-bond acceptors (Lipinski definition) is 9. The van der Waals surface area contributed by atoms with E-state index >= 15 is 0 Å². The fraction of sp³-hybridized carbons (Fsp3) is 0.412. The summed E-state index contributed by atoms with van der Waals surface area (Å²) in [6.45, 7) is 1.57. The number of nitrogens with zero attached hydrogens (tertiary/aromatic N) is 1. The van der Waals surface area contributed by atoms with Crippen molar-refractivity contribution < 1.29 is 47.7 Å². The average molecular weight is 528 g/mol. The molecule has 0 saturated carbocycles. The van der Waals surface area contributed by atoms with Crippen LogP contribution in [0.4, 0.5) is 4.79 Å². The lowest BCUT2D eigenvalue weighted by molar-refractivity contribution is -0.163. The van der Waals surface area contributed by atoms with Gasteiger partial charge in [0, 0.05) is 18.5 Å². The number of phenols is 2. The van der Waals surface area contributed by atoms with Crippen molar-refractivity contribution >= 4 is 57.8 Å². The van der Waals surface area contributed by atoms with Gasteiger partial charge in [-0.2, -0.15) is 0 Å². The molecule has 2 rings (SSSR count). The molecule has 0 unspecified atom stereocenters. The van der Waals surface area contributed by atoms with Crippen LogP contribution in [0.5, 0.6) is 11.5 Å². The van der Waals surface area contributed by atoms with Gasteiger partial charge in [-0.25, -0.2) is 23.4 Å². The van der Waals surface area contributed by atoms with E-state index in [1.165, 1.54) is 6.92 Å². The fourth-order valence-corrected chi connectivity index (χ4v) is 4.35. The predicted octanol–water partition coefficient (Wildman–Crippen LogP) is 0.220. The first-order valence-corrected chi connectivity index (χ1v) is 11.0. The number of phenolic OH excluding ortho intramolecular Hbond substituents is 2. The monoisotopic (exact) mass is 527 g/mol. The van der Waals surface area contributed by atoms with Crippen molar-refractivity contribution in [3.63, 3.8) is 0 Å². The molecule has 3 amide bonds. The van der Waals surface area contributed by atoms with Crippen LogP contribution in [0.1, 0.15) is 30.6 Å². The third-order valence-electron chi connectivity index (χ3n) is 4.92. The van der Waals surface area contributed by atoms with Crippen LogP contribution < -0.4 is 10.9 Å². The van der Waals surface area contributed by atoms with Gasteiger partial charge in [0.25, 0.3) is 5.91 Å². The second kappa shape index (κ2) is 9.89. The lowest BCUT2D eigenvalue weighted by atomic mass is 9.92. The highest BCUT2D eigenvalue weighted by atomic mass is 35.5. The Morgan fingerprint density at radius 2 is 1.91 bits per heavy atom. The minimum absolute atomic E-state index is 0.0425. The molecule has 1 aromatic rings. The highest BCUT2D eigenvalue weighted by molar-refractivity contribution is 7.74. The van der Waals surface area contributed by atoms with Gasteiger partial charge < -0.3 is 25.0 Å². The molecule has 5 N–H and O–H groups in total. The van der Waals surface area contributed by atoms with Crippen LogP contribution in [-0.2, 0) is 25.0 Å². The maximum atomic E-state index is 12.2. The Bertz CT molecular complexity index is 1090. The average Bonchev–Trinajstić information content (AvgIpc) is 2.72. The molecule has 0 aliphatic carbocycles. The fourth-order valence-electron chi connectivity index (χ4n) is 3.13. The number of β-lactam (4-membered cyclic amide) rings is 1. The highest BCUT2D eigenvalue weighted by Gasteiger charge is 2.53. The van der Waals surface area contributed by atoms with Gasteiger partial charge in [0.15, 0.2) is 28.2 Å². The summed E-state index contributed by atoms with van der Waals surface area (Å²) in [6, 6.07) is -1.52. The number of carboxylic acids is 1. The number of rotatable bonds is 7. The number of thiol groups is 1. The van der Waals surface area contributed by atoms with E-state index in [-0.39, 0.29) is 11.4 Å². The van der Waals surface area contributed by atoms with Crippen LogP contribution in [0.2, 0.25) is 10.0 Å². The lowest BCUT2D eigenvalue weighted by Crippen LogP contribution is -2.67. The predicted molar refractivity (Wildman–Crippen MR) is 113 cm³/mol. The first kappa shape index (κ1) is 26.3. The number of likely N-dealkylation sites (tertiary alicyclic amines) is 1. The summed E-state index contributed by atoms with van der Waals surface area (Å²) in [4.78, 5) is 48.7. The third-order valence-corrected chi connectivity index (χ3v) is 6.80. The van der Waals surface area contributed by atoms with E-state index < -0.39 is 80.1 Å². The molecule has 1 heterocycles. The van der Waals surface area contributed by atoms with Crippen LogP contribution in [0.3, 0.4) is 0 Å². The number of ether oxygens (including phenoxy) is 1. The maximum Gasteiger partial charge on any atom is 0.426 e. The van der Waals surface area contributed by atoms with E-state index in [0.29, 0.717) is 0 Å². The van der Waals surface area contributed by atoms with Crippen molar-refractivity contribution in [2.75, 3.05) is 6.61 Å². The van der Waals surface area contributed by atoms with Crippen molar-refractivity contribution in [3.8, 4) is 11.5 Å². The molecule has 0 bridgehead atoms. The number of halogens is 2. The molecule has 0 spiro atoms. The summed E-state index contributed by atoms with van der Waals surface area (Å²) in [6.07, 6.45) is -1.34.